The average Bonchev–Trinajstić information content (AvgIpc) is 3.15. The number of aromatic nitrogens is 2. The van der Waals surface area contributed by atoms with Crippen molar-refractivity contribution >= 4 is 16.9 Å². The highest BCUT2D eigenvalue weighted by molar-refractivity contribution is 5.89. The monoisotopic (exact) mass is 435 g/mol. The average molecular weight is 436 g/mol. The molecule has 1 fully saturated rings. The van der Waals surface area contributed by atoms with Crippen LogP contribution >= 0.6 is 0 Å². The summed E-state index contributed by atoms with van der Waals surface area (Å²) in [5.41, 5.74) is 2.41. The van der Waals surface area contributed by atoms with Gasteiger partial charge in [0.25, 0.3) is 0 Å². The van der Waals surface area contributed by atoms with E-state index >= 15 is 0 Å². The molecule has 6 nitrogen and oxygen atoms in total. The molecule has 1 atom stereocenters. The van der Waals surface area contributed by atoms with E-state index in [-0.39, 0.29) is 11.9 Å². The van der Waals surface area contributed by atoms with Gasteiger partial charge >= 0.3 is 0 Å². The molecular formula is C26H33N3O3. The van der Waals surface area contributed by atoms with Crippen LogP contribution in [-0.2, 0) is 22.0 Å². The van der Waals surface area contributed by atoms with E-state index in [1.807, 2.05) is 49.5 Å². The molecule has 0 spiro atoms. The molecule has 3 aromatic rings. The molecule has 1 N–H and O–H groups in total. The number of benzene rings is 2. The number of fused-ring (bicyclic) bond motifs is 1. The number of nitrogens with zero attached hydrogens (tertiary/aromatic N) is 2. The lowest BCUT2D eigenvalue weighted by molar-refractivity contribution is -0.131. The van der Waals surface area contributed by atoms with E-state index in [4.69, 9.17) is 14.5 Å². The van der Waals surface area contributed by atoms with Crippen LogP contribution in [0.3, 0.4) is 0 Å². The molecule has 0 aliphatic carbocycles. The number of amides is 1. The van der Waals surface area contributed by atoms with Crippen molar-refractivity contribution in [1.29, 1.82) is 0 Å². The zero-order valence-corrected chi connectivity index (χ0v) is 19.4. The molecule has 0 radical (unpaired) electrons. The minimum atomic E-state index is -0.621. The van der Waals surface area contributed by atoms with Gasteiger partial charge in [-0.05, 0) is 55.0 Å². The minimum Gasteiger partial charge on any atom is -0.497 e. The lowest BCUT2D eigenvalue weighted by Crippen LogP contribution is -2.49. The van der Waals surface area contributed by atoms with Crippen LogP contribution in [0.4, 0.5) is 0 Å². The normalized spacial score (nSPS) is 16.8. The van der Waals surface area contributed by atoms with Crippen LogP contribution < -0.4 is 10.1 Å². The van der Waals surface area contributed by atoms with Crippen LogP contribution in [0, 0.1) is 5.92 Å². The maximum atomic E-state index is 13.9. The Morgan fingerprint density at radius 2 is 1.84 bits per heavy atom. The summed E-state index contributed by atoms with van der Waals surface area (Å²) in [6.45, 7) is 5.49. The van der Waals surface area contributed by atoms with Gasteiger partial charge in [-0.2, -0.15) is 0 Å². The second kappa shape index (κ2) is 9.33. The largest absolute Gasteiger partial charge is 0.497 e. The molecule has 6 heteroatoms. The van der Waals surface area contributed by atoms with Gasteiger partial charge in [0.05, 0.1) is 29.6 Å². The van der Waals surface area contributed by atoms with Crippen LogP contribution in [0.5, 0.6) is 5.75 Å². The number of aryl methyl sites for hydroxylation is 1. The lowest BCUT2D eigenvalue weighted by atomic mass is 9.73. The van der Waals surface area contributed by atoms with Crippen molar-refractivity contribution in [1.82, 2.24) is 14.9 Å². The van der Waals surface area contributed by atoms with Gasteiger partial charge in [0, 0.05) is 20.3 Å². The third kappa shape index (κ3) is 4.24. The third-order valence-corrected chi connectivity index (χ3v) is 6.57. The highest BCUT2D eigenvalue weighted by Gasteiger charge is 2.43. The van der Waals surface area contributed by atoms with Gasteiger partial charge in [-0.3, -0.25) is 4.79 Å². The van der Waals surface area contributed by atoms with Crippen molar-refractivity contribution in [2.75, 3.05) is 20.3 Å². The Morgan fingerprint density at radius 3 is 2.47 bits per heavy atom. The van der Waals surface area contributed by atoms with Crippen LogP contribution in [0.15, 0.2) is 48.5 Å². The number of hydrogen-bond acceptors (Lipinski definition) is 4. The minimum absolute atomic E-state index is 0.0451. The number of imidazole rings is 1. The topological polar surface area (TPSA) is 65.4 Å². The van der Waals surface area contributed by atoms with Crippen molar-refractivity contribution in [2.24, 2.45) is 13.0 Å². The summed E-state index contributed by atoms with van der Waals surface area (Å²) in [5, 5.41) is 3.39. The molecule has 1 aliphatic heterocycles. The first-order chi connectivity index (χ1) is 15.4. The summed E-state index contributed by atoms with van der Waals surface area (Å²) in [4.78, 5) is 18.8. The third-order valence-electron chi connectivity index (χ3n) is 6.57. The van der Waals surface area contributed by atoms with Crippen LogP contribution in [0.25, 0.3) is 11.0 Å². The summed E-state index contributed by atoms with van der Waals surface area (Å²) in [6.07, 6.45) is 2.13. The highest BCUT2D eigenvalue weighted by Crippen LogP contribution is 2.37. The Bertz CT molecular complexity index is 1070. The zero-order chi connectivity index (χ0) is 22.7. The number of carbonyl (C=O) groups excluding carboxylic acids is 1. The second-order valence-electron chi connectivity index (χ2n) is 9.10. The summed E-state index contributed by atoms with van der Waals surface area (Å²) in [7, 11) is 3.68. The number of hydrogen-bond donors (Lipinski definition) is 1. The van der Waals surface area contributed by atoms with Crippen LogP contribution in [0.2, 0.25) is 0 Å². The summed E-state index contributed by atoms with van der Waals surface area (Å²) in [5.74, 6) is 2.13. The van der Waals surface area contributed by atoms with Crippen molar-refractivity contribution in [3.63, 3.8) is 0 Å². The Morgan fingerprint density at radius 1 is 1.16 bits per heavy atom. The van der Waals surface area contributed by atoms with E-state index < -0.39 is 5.41 Å². The van der Waals surface area contributed by atoms with Gasteiger partial charge < -0.3 is 19.4 Å². The maximum absolute atomic E-state index is 13.9. The molecule has 0 saturated carbocycles. The molecule has 1 unspecified atom stereocenters. The van der Waals surface area contributed by atoms with Gasteiger partial charge in [-0.25, -0.2) is 4.98 Å². The Labute approximate surface area is 189 Å². The SMILES string of the molecule is COc1ccc(C2(C(=O)NC(CC(C)C)c3nc4ccccc4n3C)CCOCC2)cc1. The first-order valence-corrected chi connectivity index (χ1v) is 11.4. The van der Waals surface area contributed by atoms with Crippen LogP contribution in [0.1, 0.15) is 50.5 Å². The molecule has 1 amide bonds. The number of carbonyl (C=O) groups is 1. The molecule has 170 valence electrons. The smallest absolute Gasteiger partial charge is 0.231 e. The number of rotatable bonds is 7. The predicted octanol–water partition coefficient (Wildman–Crippen LogP) is 4.53. The number of methoxy groups -OCH3 is 1. The van der Waals surface area contributed by atoms with Crippen molar-refractivity contribution < 1.29 is 14.3 Å². The van der Waals surface area contributed by atoms with Gasteiger partial charge in [-0.15, -0.1) is 0 Å². The number of ether oxygens (including phenoxy) is 2. The molecule has 4 rings (SSSR count). The maximum Gasteiger partial charge on any atom is 0.231 e. The quantitative estimate of drug-likeness (QED) is 0.592. The fourth-order valence-electron chi connectivity index (χ4n) is 4.75. The van der Waals surface area contributed by atoms with E-state index in [1.54, 1.807) is 7.11 Å². The standard InChI is InChI=1S/C26H33N3O3/c1-18(2)17-22(24-27-21-7-5-6-8-23(21)29(24)3)28-25(30)26(13-15-32-16-14-26)19-9-11-20(31-4)12-10-19/h5-12,18,22H,13-17H2,1-4H3,(H,28,30). The molecule has 1 aliphatic rings. The second-order valence-corrected chi connectivity index (χ2v) is 9.10. The molecular weight excluding hydrogens is 402 g/mol. The van der Waals surface area contributed by atoms with Gasteiger partial charge in [0.2, 0.25) is 5.91 Å². The predicted molar refractivity (Wildman–Crippen MR) is 126 cm³/mol. The Hall–Kier alpha value is -2.86. The Kier molecular flexibility index (Phi) is 6.51. The van der Waals surface area contributed by atoms with Gasteiger partial charge in [-0.1, -0.05) is 38.1 Å². The van der Waals surface area contributed by atoms with Crippen molar-refractivity contribution in [2.45, 2.75) is 44.6 Å². The van der Waals surface area contributed by atoms with E-state index in [0.29, 0.717) is 32.0 Å². The Balaban J connectivity index is 1.69. The van der Waals surface area contributed by atoms with Gasteiger partial charge in [0.15, 0.2) is 0 Å². The molecule has 1 saturated heterocycles. The lowest BCUT2D eigenvalue weighted by Gasteiger charge is -2.37. The van der Waals surface area contributed by atoms with Gasteiger partial charge in [0.1, 0.15) is 11.6 Å². The molecule has 0 bridgehead atoms. The fraction of sp³-hybridized carbons (Fsp3) is 0.462. The van der Waals surface area contributed by atoms with E-state index in [2.05, 4.69) is 29.8 Å². The molecule has 2 heterocycles. The first-order valence-electron chi connectivity index (χ1n) is 11.4. The fourth-order valence-corrected chi connectivity index (χ4v) is 4.75. The van der Waals surface area contributed by atoms with Crippen LogP contribution in [-0.4, -0.2) is 35.8 Å². The van der Waals surface area contributed by atoms with E-state index in [1.165, 1.54) is 0 Å². The van der Waals surface area contributed by atoms with E-state index in [0.717, 1.165) is 34.6 Å². The summed E-state index contributed by atoms with van der Waals surface area (Å²) in [6, 6.07) is 15.8. The van der Waals surface area contributed by atoms with E-state index in [9.17, 15) is 4.79 Å². The zero-order valence-electron chi connectivity index (χ0n) is 19.4. The summed E-state index contributed by atoms with van der Waals surface area (Å²) < 4.78 is 13.1. The number of para-hydroxylation sites is 2. The first kappa shape index (κ1) is 22.3. The number of nitrogens with one attached hydrogen (secondary N) is 1. The molecule has 2 aromatic carbocycles. The van der Waals surface area contributed by atoms with Crippen molar-refractivity contribution in [3.8, 4) is 5.75 Å². The van der Waals surface area contributed by atoms with Crippen molar-refractivity contribution in [3.05, 3.63) is 59.9 Å². The molecule has 1 aromatic heterocycles. The molecule has 32 heavy (non-hydrogen) atoms. The summed E-state index contributed by atoms with van der Waals surface area (Å²) >= 11 is 0. The highest BCUT2D eigenvalue weighted by atomic mass is 16.5.